The Morgan fingerprint density at radius 2 is 1.77 bits per heavy atom. The molecule has 194 valence electrons. The molecule has 0 fully saturated rings. The molecule has 3 atom stereocenters. The second kappa shape index (κ2) is 12.3. The van der Waals surface area contributed by atoms with E-state index in [-0.39, 0.29) is 25.3 Å². The van der Waals surface area contributed by atoms with Crippen LogP contribution in [-0.2, 0) is 32.1 Å². The first-order chi connectivity index (χ1) is 16.3. The molecular weight excluding hydrogens is 470 g/mol. The number of carboxylic acids is 1. The van der Waals surface area contributed by atoms with Crippen molar-refractivity contribution in [2.24, 2.45) is 5.92 Å². The number of benzene rings is 1. The van der Waals surface area contributed by atoms with Crippen LogP contribution in [0, 0.1) is 5.92 Å². The van der Waals surface area contributed by atoms with Crippen LogP contribution in [0.1, 0.15) is 52.2 Å². The molecule has 0 saturated carbocycles. The predicted octanol–water partition coefficient (Wildman–Crippen LogP) is 2.81. The second-order valence-electron chi connectivity index (χ2n) is 10.0. The first-order valence-electron chi connectivity index (χ1n) is 11.7. The van der Waals surface area contributed by atoms with Crippen molar-refractivity contribution >= 4 is 35.6 Å². The van der Waals surface area contributed by atoms with Crippen molar-refractivity contribution in [1.29, 1.82) is 0 Å². The van der Waals surface area contributed by atoms with Gasteiger partial charge in [-0.2, -0.15) is 11.8 Å². The van der Waals surface area contributed by atoms with Crippen molar-refractivity contribution in [3.05, 3.63) is 35.4 Å². The lowest BCUT2D eigenvalue weighted by Crippen LogP contribution is -2.60. The van der Waals surface area contributed by atoms with Crippen molar-refractivity contribution in [1.82, 2.24) is 15.5 Å². The lowest BCUT2D eigenvalue weighted by molar-refractivity contribution is -0.146. The van der Waals surface area contributed by atoms with Gasteiger partial charge in [0.1, 0.15) is 23.7 Å². The van der Waals surface area contributed by atoms with E-state index in [0.29, 0.717) is 5.75 Å². The van der Waals surface area contributed by atoms with Crippen molar-refractivity contribution in [2.75, 3.05) is 12.0 Å². The summed E-state index contributed by atoms with van der Waals surface area (Å²) in [6.07, 6.45) is 1.67. The van der Waals surface area contributed by atoms with Gasteiger partial charge in [-0.05, 0) is 56.2 Å². The number of fused-ring (bicyclic) bond motifs is 1. The van der Waals surface area contributed by atoms with E-state index in [4.69, 9.17) is 4.74 Å². The lowest BCUT2D eigenvalue weighted by Gasteiger charge is -2.39. The summed E-state index contributed by atoms with van der Waals surface area (Å²) >= 11 is 1.49. The number of nitrogens with one attached hydrogen (secondary N) is 2. The number of nitrogens with zero attached hydrogens (tertiary/aromatic N) is 1. The summed E-state index contributed by atoms with van der Waals surface area (Å²) in [4.78, 5) is 52.6. The number of aliphatic carboxylic acids is 1. The van der Waals surface area contributed by atoms with Crippen molar-refractivity contribution in [3.63, 3.8) is 0 Å². The average molecular weight is 508 g/mol. The fourth-order valence-electron chi connectivity index (χ4n) is 3.88. The number of hydrogen-bond donors (Lipinski definition) is 3. The summed E-state index contributed by atoms with van der Waals surface area (Å²) in [5.41, 5.74) is 1.10. The number of rotatable bonds is 9. The molecule has 1 aliphatic rings. The smallest absolute Gasteiger partial charge is 0.408 e. The van der Waals surface area contributed by atoms with Crippen LogP contribution in [0.2, 0.25) is 0 Å². The molecule has 0 bridgehead atoms. The van der Waals surface area contributed by atoms with Crippen LogP contribution in [0.5, 0.6) is 0 Å². The third-order valence-electron chi connectivity index (χ3n) is 5.66. The molecule has 0 aromatic heterocycles. The van der Waals surface area contributed by atoms with Crippen LogP contribution in [0.15, 0.2) is 24.3 Å². The molecule has 0 saturated heterocycles. The number of carbonyl (C=O) groups is 4. The van der Waals surface area contributed by atoms with Gasteiger partial charge in [-0.1, -0.05) is 38.1 Å². The lowest BCUT2D eigenvalue weighted by atomic mass is 9.91. The molecule has 0 spiro atoms. The van der Waals surface area contributed by atoms with E-state index in [1.54, 1.807) is 34.6 Å². The summed E-state index contributed by atoms with van der Waals surface area (Å²) in [6.45, 7) is 8.98. The van der Waals surface area contributed by atoms with Crippen molar-refractivity contribution in [3.8, 4) is 0 Å². The summed E-state index contributed by atoms with van der Waals surface area (Å²) in [6, 6.07) is 4.65. The zero-order valence-corrected chi connectivity index (χ0v) is 22.1. The zero-order chi connectivity index (χ0) is 26.3. The molecule has 2 rings (SSSR count). The molecule has 10 heteroatoms. The van der Waals surface area contributed by atoms with Gasteiger partial charge in [0.2, 0.25) is 11.8 Å². The topological polar surface area (TPSA) is 125 Å². The maximum Gasteiger partial charge on any atom is 0.408 e. The van der Waals surface area contributed by atoms with E-state index >= 15 is 0 Å². The normalized spacial score (nSPS) is 17.2. The zero-order valence-electron chi connectivity index (χ0n) is 21.3. The molecular formula is C25H37N3O6S. The third kappa shape index (κ3) is 8.16. The number of carboxylic acid groups (broad SMARTS) is 1. The minimum Gasteiger partial charge on any atom is -0.480 e. The van der Waals surface area contributed by atoms with Crippen LogP contribution >= 0.6 is 11.8 Å². The highest BCUT2D eigenvalue weighted by Gasteiger charge is 2.40. The molecule has 9 nitrogen and oxygen atoms in total. The highest BCUT2D eigenvalue weighted by Crippen LogP contribution is 2.25. The molecule has 3 amide bonds. The van der Waals surface area contributed by atoms with Gasteiger partial charge in [0.05, 0.1) is 0 Å². The van der Waals surface area contributed by atoms with Gasteiger partial charge in [-0.15, -0.1) is 0 Å². The van der Waals surface area contributed by atoms with Crippen LogP contribution in [0.3, 0.4) is 0 Å². The summed E-state index contributed by atoms with van der Waals surface area (Å²) in [5, 5.41) is 14.8. The molecule has 1 aromatic rings. The van der Waals surface area contributed by atoms with Crippen molar-refractivity contribution < 1.29 is 29.0 Å². The molecule has 0 aliphatic carbocycles. The Hall–Kier alpha value is -2.75. The summed E-state index contributed by atoms with van der Waals surface area (Å²) in [5.74, 6) is -1.77. The fourth-order valence-corrected chi connectivity index (χ4v) is 4.35. The second-order valence-corrected chi connectivity index (χ2v) is 11.0. The summed E-state index contributed by atoms with van der Waals surface area (Å²) < 4.78 is 5.34. The standard InChI is InChI=1S/C25H37N3O6S/c1-15(2)20(27-24(33)34-25(3,4)5)22(30)28-14-17-10-8-7-9-16(17)13-19(28)21(29)26-18(23(31)32)11-12-35-6/h7-10,15,18-20H,11-14H2,1-6H3,(H,26,29)(H,27,33)(H,31,32)/t18?,19?,20-/m0/s1. The number of thioether (sulfide) groups is 1. The minimum absolute atomic E-state index is 0.175. The SMILES string of the molecule is CSCCC(NC(=O)C1Cc2ccccc2CN1C(=O)[C@@H](NC(=O)OC(C)(C)C)C(C)C)C(=O)O. The number of amides is 3. The first kappa shape index (κ1) is 28.5. The number of carbonyl (C=O) groups excluding carboxylic acids is 3. The van der Waals surface area contributed by atoms with Gasteiger partial charge in [0, 0.05) is 13.0 Å². The van der Waals surface area contributed by atoms with Crippen LogP contribution < -0.4 is 10.6 Å². The van der Waals surface area contributed by atoms with Crippen LogP contribution in [0.4, 0.5) is 4.79 Å². The maximum atomic E-state index is 13.7. The maximum absolute atomic E-state index is 13.7. The van der Waals surface area contributed by atoms with Crippen LogP contribution in [-0.4, -0.2) is 69.6 Å². The first-order valence-corrected chi connectivity index (χ1v) is 13.1. The Bertz CT molecular complexity index is 930. The van der Waals surface area contributed by atoms with E-state index in [1.807, 2.05) is 30.5 Å². The van der Waals surface area contributed by atoms with Gasteiger partial charge in [0.15, 0.2) is 0 Å². The monoisotopic (exact) mass is 507 g/mol. The van der Waals surface area contributed by atoms with Gasteiger partial charge in [-0.3, -0.25) is 9.59 Å². The van der Waals surface area contributed by atoms with E-state index in [0.717, 1.165) is 11.1 Å². The molecule has 35 heavy (non-hydrogen) atoms. The minimum atomic E-state index is -1.12. The van der Waals surface area contributed by atoms with Gasteiger partial charge < -0.3 is 25.4 Å². The average Bonchev–Trinajstić information content (AvgIpc) is 2.77. The molecule has 1 aliphatic heterocycles. The van der Waals surface area contributed by atoms with Gasteiger partial charge in [0.25, 0.3) is 0 Å². The summed E-state index contributed by atoms with van der Waals surface area (Å²) in [7, 11) is 0. The molecule has 1 aromatic carbocycles. The Kier molecular flexibility index (Phi) is 10.00. The fraction of sp³-hybridized carbons (Fsp3) is 0.600. The molecule has 1 heterocycles. The quantitative estimate of drug-likeness (QED) is 0.469. The van der Waals surface area contributed by atoms with Gasteiger partial charge >= 0.3 is 12.1 Å². The third-order valence-corrected chi connectivity index (χ3v) is 6.31. The van der Waals surface area contributed by atoms with E-state index in [2.05, 4.69) is 10.6 Å². The molecule has 3 N–H and O–H groups in total. The Balaban J connectivity index is 2.33. The number of hydrogen-bond acceptors (Lipinski definition) is 6. The largest absolute Gasteiger partial charge is 0.480 e. The highest BCUT2D eigenvalue weighted by molar-refractivity contribution is 7.98. The Labute approximate surface area is 211 Å². The van der Waals surface area contributed by atoms with E-state index < -0.39 is 47.6 Å². The Morgan fingerprint density at radius 1 is 1.14 bits per heavy atom. The van der Waals surface area contributed by atoms with E-state index in [9.17, 15) is 24.3 Å². The predicted molar refractivity (Wildman–Crippen MR) is 135 cm³/mol. The molecule has 2 unspecified atom stereocenters. The molecule has 0 radical (unpaired) electrons. The van der Waals surface area contributed by atoms with Gasteiger partial charge in [-0.25, -0.2) is 9.59 Å². The van der Waals surface area contributed by atoms with Crippen LogP contribution in [0.25, 0.3) is 0 Å². The number of alkyl carbamates (subject to hydrolysis) is 1. The highest BCUT2D eigenvalue weighted by atomic mass is 32.2. The number of ether oxygens (including phenoxy) is 1. The van der Waals surface area contributed by atoms with E-state index in [1.165, 1.54) is 16.7 Å². The Morgan fingerprint density at radius 3 is 2.31 bits per heavy atom. The van der Waals surface area contributed by atoms with Crippen molar-refractivity contribution in [2.45, 2.75) is 77.7 Å².